The normalized spacial score (nSPS) is 14.5. The van der Waals surface area contributed by atoms with Gasteiger partial charge in [0.1, 0.15) is 17.4 Å². The third-order valence-corrected chi connectivity index (χ3v) is 5.41. The van der Waals surface area contributed by atoms with Crippen molar-refractivity contribution in [2.75, 3.05) is 12.9 Å². The highest BCUT2D eigenvalue weighted by molar-refractivity contribution is 7.99. The maximum absolute atomic E-state index is 12.2. The van der Waals surface area contributed by atoms with Gasteiger partial charge in [-0.2, -0.15) is 5.26 Å². The molecule has 124 valence electrons. The average Bonchev–Trinajstić information content (AvgIpc) is 3.13. The first kappa shape index (κ1) is 16.6. The number of thioether (sulfide) groups is 1. The Morgan fingerprint density at radius 1 is 1.33 bits per heavy atom. The van der Waals surface area contributed by atoms with E-state index >= 15 is 0 Å². The quantitative estimate of drug-likeness (QED) is 0.664. The summed E-state index contributed by atoms with van der Waals surface area (Å²) in [5, 5.41) is 9.89. The van der Waals surface area contributed by atoms with Gasteiger partial charge in [0.15, 0.2) is 5.16 Å². The smallest absolute Gasteiger partial charge is 0.270 e. The van der Waals surface area contributed by atoms with Crippen molar-refractivity contribution in [2.45, 2.75) is 30.8 Å². The Balaban J connectivity index is 1.90. The van der Waals surface area contributed by atoms with Crippen molar-refractivity contribution in [3.63, 3.8) is 0 Å². The van der Waals surface area contributed by atoms with E-state index in [0.717, 1.165) is 17.1 Å². The van der Waals surface area contributed by atoms with Crippen LogP contribution in [0.15, 0.2) is 34.2 Å². The van der Waals surface area contributed by atoms with Crippen molar-refractivity contribution in [1.29, 1.82) is 5.26 Å². The molecular weight excluding hydrogens is 322 g/mol. The first-order valence-corrected chi connectivity index (χ1v) is 9.01. The summed E-state index contributed by atoms with van der Waals surface area (Å²) in [4.78, 5) is 19.5. The van der Waals surface area contributed by atoms with Crippen LogP contribution < -0.4 is 10.3 Å². The van der Waals surface area contributed by atoms with Crippen LogP contribution in [0.4, 0.5) is 0 Å². The van der Waals surface area contributed by atoms with E-state index in [9.17, 15) is 10.1 Å². The molecule has 1 aromatic carbocycles. The second kappa shape index (κ2) is 7.54. The molecular formula is C18H19N3O2S. The molecule has 0 amide bonds. The van der Waals surface area contributed by atoms with E-state index < -0.39 is 0 Å². The molecule has 0 spiro atoms. The van der Waals surface area contributed by atoms with E-state index in [-0.39, 0.29) is 11.1 Å². The van der Waals surface area contributed by atoms with E-state index in [4.69, 9.17) is 4.74 Å². The molecule has 1 heterocycles. The van der Waals surface area contributed by atoms with Gasteiger partial charge in [-0.3, -0.25) is 4.79 Å². The third kappa shape index (κ3) is 3.62. The Morgan fingerprint density at radius 2 is 2.04 bits per heavy atom. The topological polar surface area (TPSA) is 78.8 Å². The summed E-state index contributed by atoms with van der Waals surface area (Å²) in [6.45, 7) is 0. The summed E-state index contributed by atoms with van der Waals surface area (Å²) in [5.74, 6) is 2.37. The van der Waals surface area contributed by atoms with Crippen LogP contribution in [-0.2, 0) is 0 Å². The fourth-order valence-corrected chi connectivity index (χ4v) is 4.00. The first-order valence-electron chi connectivity index (χ1n) is 8.03. The summed E-state index contributed by atoms with van der Waals surface area (Å²) in [6.07, 6.45) is 5.08. The minimum Gasteiger partial charge on any atom is -0.497 e. The standard InChI is InChI=1S/C18H19N3O2S/c1-23-14-8-6-13(7-9-14)16-15(10-19)17(22)21-18(20-16)24-11-12-4-2-3-5-12/h6-9,12H,2-5,11H2,1H3,(H,20,21,22). The Morgan fingerprint density at radius 3 is 2.67 bits per heavy atom. The van der Waals surface area contributed by atoms with Gasteiger partial charge >= 0.3 is 0 Å². The fraction of sp³-hybridized carbons (Fsp3) is 0.389. The first-order chi connectivity index (χ1) is 11.7. The lowest BCUT2D eigenvalue weighted by Crippen LogP contribution is -2.15. The molecule has 3 rings (SSSR count). The van der Waals surface area contributed by atoms with Gasteiger partial charge in [0.2, 0.25) is 0 Å². The molecule has 0 unspecified atom stereocenters. The Labute approximate surface area is 145 Å². The maximum atomic E-state index is 12.2. The van der Waals surface area contributed by atoms with Crippen LogP contribution >= 0.6 is 11.8 Å². The van der Waals surface area contributed by atoms with Gasteiger partial charge < -0.3 is 9.72 Å². The zero-order valence-corrected chi connectivity index (χ0v) is 14.4. The number of ether oxygens (including phenoxy) is 1. The number of rotatable bonds is 5. The number of nitrogens with zero attached hydrogens (tertiary/aromatic N) is 2. The Kier molecular flexibility index (Phi) is 5.21. The van der Waals surface area contributed by atoms with Crippen LogP contribution in [0, 0.1) is 17.2 Å². The van der Waals surface area contributed by atoms with Gasteiger partial charge in [-0.1, -0.05) is 24.6 Å². The molecule has 0 aliphatic heterocycles. The van der Waals surface area contributed by atoms with Gasteiger partial charge in [0.25, 0.3) is 5.56 Å². The summed E-state index contributed by atoms with van der Waals surface area (Å²) >= 11 is 1.57. The lowest BCUT2D eigenvalue weighted by atomic mass is 10.1. The minimum atomic E-state index is -0.382. The summed E-state index contributed by atoms with van der Waals surface area (Å²) in [7, 11) is 1.60. The number of H-pyrrole nitrogens is 1. The molecule has 24 heavy (non-hydrogen) atoms. The number of nitrogens with one attached hydrogen (secondary N) is 1. The highest BCUT2D eigenvalue weighted by Gasteiger charge is 2.18. The van der Waals surface area contributed by atoms with Crippen LogP contribution in [0.3, 0.4) is 0 Å². The van der Waals surface area contributed by atoms with Gasteiger partial charge in [-0.05, 0) is 43.0 Å². The van der Waals surface area contributed by atoms with E-state index in [1.54, 1.807) is 31.0 Å². The van der Waals surface area contributed by atoms with E-state index in [0.29, 0.717) is 16.8 Å². The number of aromatic amines is 1. The summed E-state index contributed by atoms with van der Waals surface area (Å²) < 4.78 is 5.15. The molecule has 1 fully saturated rings. The third-order valence-electron chi connectivity index (χ3n) is 4.30. The molecule has 0 radical (unpaired) electrons. The number of hydrogen-bond donors (Lipinski definition) is 1. The number of methoxy groups -OCH3 is 1. The molecule has 1 aromatic heterocycles. The predicted molar refractivity (Wildman–Crippen MR) is 94.2 cm³/mol. The highest BCUT2D eigenvalue weighted by Crippen LogP contribution is 2.30. The second-order valence-electron chi connectivity index (χ2n) is 5.90. The second-order valence-corrected chi connectivity index (χ2v) is 6.91. The minimum absolute atomic E-state index is 0.0467. The lowest BCUT2D eigenvalue weighted by molar-refractivity contribution is 0.415. The fourth-order valence-electron chi connectivity index (χ4n) is 2.96. The van der Waals surface area contributed by atoms with E-state index in [1.807, 2.05) is 18.2 Å². The van der Waals surface area contributed by atoms with Crippen molar-refractivity contribution in [1.82, 2.24) is 9.97 Å². The van der Waals surface area contributed by atoms with Gasteiger partial charge in [-0.15, -0.1) is 0 Å². The van der Waals surface area contributed by atoms with Gasteiger partial charge in [-0.25, -0.2) is 4.98 Å². The average molecular weight is 341 g/mol. The van der Waals surface area contributed by atoms with Crippen molar-refractivity contribution in [3.8, 4) is 23.1 Å². The molecule has 2 aromatic rings. The van der Waals surface area contributed by atoms with E-state index in [1.165, 1.54) is 25.7 Å². The SMILES string of the molecule is COc1ccc(-c2nc(SCC3CCCC3)[nH]c(=O)c2C#N)cc1. The molecule has 5 nitrogen and oxygen atoms in total. The predicted octanol–water partition coefficient (Wildman–Crippen LogP) is 3.60. The Hall–Kier alpha value is -2.26. The number of hydrogen-bond acceptors (Lipinski definition) is 5. The molecule has 0 saturated heterocycles. The van der Waals surface area contributed by atoms with Crippen LogP contribution in [0.1, 0.15) is 31.2 Å². The zero-order valence-electron chi connectivity index (χ0n) is 13.5. The zero-order chi connectivity index (χ0) is 16.9. The molecule has 1 N–H and O–H groups in total. The largest absolute Gasteiger partial charge is 0.497 e. The van der Waals surface area contributed by atoms with Crippen LogP contribution in [0.2, 0.25) is 0 Å². The number of nitriles is 1. The van der Waals surface area contributed by atoms with E-state index in [2.05, 4.69) is 9.97 Å². The molecule has 0 bridgehead atoms. The van der Waals surface area contributed by atoms with Crippen LogP contribution in [0.5, 0.6) is 5.75 Å². The molecule has 0 atom stereocenters. The molecule has 6 heteroatoms. The van der Waals surface area contributed by atoms with Crippen molar-refractivity contribution < 1.29 is 4.74 Å². The molecule has 1 saturated carbocycles. The monoisotopic (exact) mass is 341 g/mol. The van der Waals surface area contributed by atoms with Crippen molar-refractivity contribution >= 4 is 11.8 Å². The lowest BCUT2D eigenvalue weighted by Gasteiger charge is -2.10. The molecule has 1 aliphatic carbocycles. The van der Waals surface area contributed by atoms with Gasteiger partial charge in [0.05, 0.1) is 12.8 Å². The van der Waals surface area contributed by atoms with Gasteiger partial charge in [0, 0.05) is 11.3 Å². The maximum Gasteiger partial charge on any atom is 0.270 e. The van der Waals surface area contributed by atoms with Crippen molar-refractivity contribution in [3.05, 3.63) is 40.2 Å². The Bertz CT molecular complexity index is 802. The van der Waals surface area contributed by atoms with Crippen LogP contribution in [-0.4, -0.2) is 22.8 Å². The number of benzene rings is 1. The highest BCUT2D eigenvalue weighted by atomic mass is 32.2. The number of aromatic nitrogens is 2. The van der Waals surface area contributed by atoms with Crippen molar-refractivity contribution in [2.24, 2.45) is 5.92 Å². The van der Waals surface area contributed by atoms with Crippen LogP contribution in [0.25, 0.3) is 11.3 Å². The summed E-state index contributed by atoms with van der Waals surface area (Å²) in [6, 6.07) is 9.19. The molecule has 1 aliphatic rings. The summed E-state index contributed by atoms with van der Waals surface area (Å²) in [5.41, 5.74) is 0.830.